The van der Waals surface area contributed by atoms with Gasteiger partial charge in [-0.25, -0.2) is 22.1 Å². The van der Waals surface area contributed by atoms with E-state index in [0.29, 0.717) is 0 Å². The van der Waals surface area contributed by atoms with Crippen LogP contribution in [0.2, 0.25) is 0 Å². The Morgan fingerprint density at radius 2 is 2.04 bits per heavy atom. The second kappa shape index (κ2) is 5.90. The van der Waals surface area contributed by atoms with Gasteiger partial charge in [0.15, 0.2) is 0 Å². The van der Waals surface area contributed by atoms with Gasteiger partial charge in [0.1, 0.15) is 17.1 Å². The SMILES string of the molecule is C=C(Nc1ccc(F)c([C@]2(C)CS(=O)(=O)N(C)C(N)=N2)c1)C(F)(F)F. The normalized spacial score (nSPS) is 23.1. The van der Waals surface area contributed by atoms with E-state index in [1.165, 1.54) is 14.0 Å². The highest BCUT2D eigenvalue weighted by Gasteiger charge is 2.42. The van der Waals surface area contributed by atoms with Crippen LogP contribution in [0.15, 0.2) is 35.5 Å². The fourth-order valence-corrected chi connectivity index (χ4v) is 3.80. The first-order chi connectivity index (χ1) is 11.3. The molecule has 1 heterocycles. The zero-order valence-corrected chi connectivity index (χ0v) is 14.2. The third-order valence-electron chi connectivity index (χ3n) is 3.75. The first kappa shape index (κ1) is 19.0. The molecular formula is C14H16F4N4O2S. The number of nitrogens with one attached hydrogen (secondary N) is 1. The maximum absolute atomic E-state index is 14.3. The summed E-state index contributed by atoms with van der Waals surface area (Å²) in [6.07, 6.45) is -4.68. The monoisotopic (exact) mass is 380 g/mol. The minimum Gasteiger partial charge on any atom is -0.369 e. The minimum absolute atomic E-state index is 0.106. The topological polar surface area (TPSA) is 87.8 Å². The number of aliphatic imine (C=N–C) groups is 1. The molecule has 0 unspecified atom stereocenters. The van der Waals surface area contributed by atoms with Crippen molar-refractivity contribution in [3.8, 4) is 0 Å². The van der Waals surface area contributed by atoms with Gasteiger partial charge in [-0.1, -0.05) is 6.58 Å². The van der Waals surface area contributed by atoms with Crippen molar-refractivity contribution < 1.29 is 26.0 Å². The molecule has 0 aliphatic carbocycles. The standard InChI is InChI=1S/C14H16F4N4O2S/c1-8(14(16,17)18)20-9-4-5-11(15)10(6-9)13(2)7-25(23,24)22(3)12(19)21-13/h4-6,20H,1,7H2,2-3H3,(H2,19,21)/t13-/m0/s1. The molecule has 0 spiro atoms. The van der Waals surface area contributed by atoms with Crippen molar-refractivity contribution >= 4 is 21.7 Å². The summed E-state index contributed by atoms with van der Waals surface area (Å²) < 4.78 is 77.1. The van der Waals surface area contributed by atoms with Gasteiger partial charge >= 0.3 is 6.18 Å². The number of benzene rings is 1. The molecule has 1 aromatic rings. The lowest BCUT2D eigenvalue weighted by molar-refractivity contribution is -0.0898. The van der Waals surface area contributed by atoms with Crippen molar-refractivity contribution in [1.82, 2.24) is 4.31 Å². The van der Waals surface area contributed by atoms with Crippen molar-refractivity contribution in [3.05, 3.63) is 41.9 Å². The number of nitrogens with two attached hydrogens (primary N) is 1. The summed E-state index contributed by atoms with van der Waals surface area (Å²) in [5.41, 5.74) is 2.45. The fourth-order valence-electron chi connectivity index (χ4n) is 2.35. The van der Waals surface area contributed by atoms with E-state index in [0.717, 1.165) is 22.5 Å². The van der Waals surface area contributed by atoms with Gasteiger partial charge in [0, 0.05) is 18.3 Å². The molecule has 0 fully saturated rings. The summed E-state index contributed by atoms with van der Waals surface area (Å²) in [4.78, 5) is 4.02. The van der Waals surface area contributed by atoms with Crippen LogP contribution in [0.1, 0.15) is 12.5 Å². The first-order valence-electron chi connectivity index (χ1n) is 6.91. The van der Waals surface area contributed by atoms with Crippen LogP contribution in [0, 0.1) is 5.82 Å². The first-order valence-corrected chi connectivity index (χ1v) is 8.52. The van der Waals surface area contributed by atoms with E-state index in [-0.39, 0.29) is 17.2 Å². The van der Waals surface area contributed by atoms with E-state index in [4.69, 9.17) is 5.73 Å². The fraction of sp³-hybridized carbons (Fsp3) is 0.357. The summed E-state index contributed by atoms with van der Waals surface area (Å²) >= 11 is 0. The molecule has 0 saturated heterocycles. The van der Waals surface area contributed by atoms with E-state index >= 15 is 0 Å². The third kappa shape index (κ3) is 3.70. The molecule has 11 heteroatoms. The maximum Gasteiger partial charge on any atom is 0.430 e. The van der Waals surface area contributed by atoms with Crippen LogP contribution in [0.5, 0.6) is 0 Å². The molecule has 1 atom stereocenters. The summed E-state index contributed by atoms with van der Waals surface area (Å²) in [5, 5.41) is 2.02. The molecule has 6 nitrogen and oxygen atoms in total. The number of rotatable bonds is 3. The van der Waals surface area contributed by atoms with E-state index in [2.05, 4.69) is 11.6 Å². The number of nitrogens with zero attached hydrogens (tertiary/aromatic N) is 2. The summed E-state index contributed by atoms with van der Waals surface area (Å²) in [7, 11) is -2.65. The zero-order chi connectivity index (χ0) is 19.2. The smallest absolute Gasteiger partial charge is 0.369 e. The molecule has 0 bridgehead atoms. The summed E-state index contributed by atoms with van der Waals surface area (Å²) in [5.74, 6) is -1.74. The Labute approximate surface area is 142 Å². The molecule has 25 heavy (non-hydrogen) atoms. The van der Waals surface area contributed by atoms with Gasteiger partial charge in [0.05, 0.1) is 5.75 Å². The van der Waals surface area contributed by atoms with Crippen LogP contribution in [-0.2, 0) is 15.6 Å². The van der Waals surface area contributed by atoms with Gasteiger partial charge in [-0.3, -0.25) is 0 Å². The number of anilines is 1. The number of halogens is 4. The second-order valence-electron chi connectivity index (χ2n) is 5.76. The van der Waals surface area contributed by atoms with Crippen molar-refractivity contribution in [1.29, 1.82) is 0 Å². The van der Waals surface area contributed by atoms with Crippen LogP contribution < -0.4 is 11.1 Å². The number of guanidine groups is 1. The van der Waals surface area contributed by atoms with Crippen molar-refractivity contribution in [3.63, 3.8) is 0 Å². The van der Waals surface area contributed by atoms with Crippen molar-refractivity contribution in [2.75, 3.05) is 18.1 Å². The highest BCUT2D eigenvalue weighted by molar-refractivity contribution is 7.89. The molecule has 0 radical (unpaired) electrons. The van der Waals surface area contributed by atoms with Gasteiger partial charge in [-0.15, -0.1) is 0 Å². The Hall–Kier alpha value is -2.30. The predicted molar refractivity (Wildman–Crippen MR) is 85.7 cm³/mol. The van der Waals surface area contributed by atoms with Crippen LogP contribution >= 0.6 is 0 Å². The lowest BCUT2D eigenvalue weighted by atomic mass is 9.93. The maximum atomic E-state index is 14.3. The van der Waals surface area contributed by atoms with Crippen LogP contribution in [0.25, 0.3) is 0 Å². The highest BCUT2D eigenvalue weighted by atomic mass is 32.2. The molecule has 0 aromatic heterocycles. The van der Waals surface area contributed by atoms with Crippen LogP contribution in [0.4, 0.5) is 23.2 Å². The number of hydrogen-bond acceptors (Lipinski definition) is 5. The predicted octanol–water partition coefficient (Wildman–Crippen LogP) is 2.12. The lowest BCUT2D eigenvalue weighted by Gasteiger charge is -2.34. The Morgan fingerprint density at radius 3 is 2.56 bits per heavy atom. The molecule has 3 N–H and O–H groups in total. The van der Waals surface area contributed by atoms with Crippen LogP contribution in [0.3, 0.4) is 0 Å². The molecular weight excluding hydrogens is 364 g/mol. The van der Waals surface area contributed by atoms with Gasteiger partial charge in [-0.2, -0.15) is 13.2 Å². The number of hydrogen-bond donors (Lipinski definition) is 2. The molecule has 1 aliphatic rings. The lowest BCUT2D eigenvalue weighted by Crippen LogP contribution is -2.50. The Balaban J connectivity index is 2.49. The second-order valence-corrected chi connectivity index (χ2v) is 7.76. The van der Waals surface area contributed by atoms with Crippen molar-refractivity contribution in [2.24, 2.45) is 10.7 Å². The number of allylic oxidation sites excluding steroid dienone is 1. The van der Waals surface area contributed by atoms with Gasteiger partial charge in [-0.05, 0) is 25.1 Å². The molecule has 138 valence electrons. The van der Waals surface area contributed by atoms with Gasteiger partial charge in [0.2, 0.25) is 16.0 Å². The molecule has 0 saturated carbocycles. The minimum atomic E-state index is -4.68. The van der Waals surface area contributed by atoms with E-state index in [9.17, 15) is 26.0 Å². The number of sulfonamides is 1. The van der Waals surface area contributed by atoms with E-state index in [1.807, 2.05) is 5.32 Å². The molecule has 0 amide bonds. The summed E-state index contributed by atoms with van der Waals surface area (Å²) in [6.45, 7) is 4.21. The largest absolute Gasteiger partial charge is 0.430 e. The molecule has 1 aliphatic heterocycles. The number of alkyl halides is 3. The molecule has 2 rings (SSSR count). The molecule has 1 aromatic carbocycles. The Bertz CT molecular complexity index is 851. The Morgan fingerprint density at radius 1 is 1.44 bits per heavy atom. The highest BCUT2D eigenvalue weighted by Crippen LogP contribution is 2.35. The summed E-state index contributed by atoms with van der Waals surface area (Å²) in [6, 6.07) is 3.06. The average molecular weight is 380 g/mol. The van der Waals surface area contributed by atoms with Crippen LogP contribution in [-0.4, -0.2) is 37.7 Å². The zero-order valence-electron chi connectivity index (χ0n) is 13.4. The van der Waals surface area contributed by atoms with Crippen molar-refractivity contribution in [2.45, 2.75) is 18.6 Å². The Kier molecular flexibility index (Phi) is 4.49. The van der Waals surface area contributed by atoms with Gasteiger partial charge < -0.3 is 11.1 Å². The van der Waals surface area contributed by atoms with Gasteiger partial charge in [0.25, 0.3) is 0 Å². The van der Waals surface area contributed by atoms with E-state index in [1.54, 1.807) is 0 Å². The quantitative estimate of drug-likeness (QED) is 0.787. The average Bonchev–Trinajstić information content (AvgIpc) is 2.45. The third-order valence-corrected chi connectivity index (χ3v) is 5.70. The van der Waals surface area contributed by atoms with E-state index < -0.39 is 39.0 Å².